The first kappa shape index (κ1) is 9.90. The quantitative estimate of drug-likeness (QED) is 0.696. The molecule has 2 N–H and O–H groups in total. The van der Waals surface area contributed by atoms with Crippen molar-refractivity contribution in [1.82, 2.24) is 9.97 Å². The second-order valence-electron chi connectivity index (χ2n) is 4.04. The number of nitrogens with one attached hydrogen (secondary N) is 2. The SMILES string of the molecule is Cc1[nH]ccc1Nc1cccc2cnccc12. The lowest BCUT2D eigenvalue weighted by Gasteiger charge is -2.08. The average Bonchev–Trinajstić information content (AvgIpc) is 2.76. The first-order chi connectivity index (χ1) is 8.34. The number of aromatic nitrogens is 2. The zero-order valence-corrected chi connectivity index (χ0v) is 9.57. The summed E-state index contributed by atoms with van der Waals surface area (Å²) < 4.78 is 0. The van der Waals surface area contributed by atoms with Crippen LogP contribution in [0.1, 0.15) is 5.69 Å². The minimum atomic E-state index is 1.10. The molecular weight excluding hydrogens is 210 g/mol. The van der Waals surface area contributed by atoms with Crippen molar-refractivity contribution in [3.63, 3.8) is 0 Å². The van der Waals surface area contributed by atoms with Crippen LogP contribution in [0.5, 0.6) is 0 Å². The van der Waals surface area contributed by atoms with Gasteiger partial charge >= 0.3 is 0 Å². The van der Waals surface area contributed by atoms with Crippen molar-refractivity contribution in [1.29, 1.82) is 0 Å². The summed E-state index contributed by atoms with van der Waals surface area (Å²) in [7, 11) is 0. The number of hydrogen-bond acceptors (Lipinski definition) is 2. The second kappa shape index (κ2) is 3.94. The summed E-state index contributed by atoms with van der Waals surface area (Å²) in [5, 5.41) is 5.76. The topological polar surface area (TPSA) is 40.7 Å². The Balaban J connectivity index is 2.09. The molecule has 0 aliphatic rings. The van der Waals surface area contributed by atoms with Crippen LogP contribution < -0.4 is 5.32 Å². The molecule has 0 aliphatic carbocycles. The lowest BCUT2D eigenvalue weighted by Crippen LogP contribution is -1.92. The molecule has 0 spiro atoms. The molecule has 3 heteroatoms. The van der Waals surface area contributed by atoms with Gasteiger partial charge in [-0.3, -0.25) is 4.98 Å². The fourth-order valence-corrected chi connectivity index (χ4v) is 1.96. The molecule has 0 radical (unpaired) electrons. The van der Waals surface area contributed by atoms with Gasteiger partial charge in [-0.05, 0) is 25.1 Å². The highest BCUT2D eigenvalue weighted by atomic mass is 14.9. The smallest absolute Gasteiger partial charge is 0.0592 e. The third-order valence-electron chi connectivity index (χ3n) is 2.90. The summed E-state index contributed by atoms with van der Waals surface area (Å²) in [5.41, 5.74) is 3.35. The molecule has 3 aromatic rings. The maximum atomic E-state index is 4.13. The number of pyridine rings is 1. The molecule has 3 nitrogen and oxygen atoms in total. The summed E-state index contributed by atoms with van der Waals surface area (Å²) in [6, 6.07) is 10.2. The predicted octanol–water partition coefficient (Wildman–Crippen LogP) is 3.61. The maximum Gasteiger partial charge on any atom is 0.0592 e. The van der Waals surface area contributed by atoms with E-state index in [4.69, 9.17) is 0 Å². The molecule has 0 amide bonds. The third-order valence-corrected chi connectivity index (χ3v) is 2.90. The van der Waals surface area contributed by atoms with Crippen molar-refractivity contribution < 1.29 is 0 Å². The number of anilines is 2. The van der Waals surface area contributed by atoms with E-state index in [1.807, 2.05) is 36.8 Å². The molecule has 84 valence electrons. The van der Waals surface area contributed by atoms with E-state index in [0.29, 0.717) is 0 Å². The normalized spacial score (nSPS) is 10.6. The Morgan fingerprint density at radius 3 is 2.88 bits per heavy atom. The number of fused-ring (bicyclic) bond motifs is 1. The van der Waals surface area contributed by atoms with E-state index >= 15 is 0 Å². The molecule has 0 saturated heterocycles. The fourth-order valence-electron chi connectivity index (χ4n) is 1.96. The van der Waals surface area contributed by atoms with Crippen LogP contribution in [0, 0.1) is 6.92 Å². The number of nitrogens with zero attached hydrogens (tertiary/aromatic N) is 1. The second-order valence-corrected chi connectivity index (χ2v) is 4.04. The fraction of sp³-hybridized carbons (Fsp3) is 0.0714. The first-order valence-corrected chi connectivity index (χ1v) is 5.58. The first-order valence-electron chi connectivity index (χ1n) is 5.58. The van der Waals surface area contributed by atoms with E-state index in [2.05, 4.69) is 34.3 Å². The van der Waals surface area contributed by atoms with E-state index in [1.54, 1.807) is 0 Å². The summed E-state index contributed by atoms with van der Waals surface area (Å²) in [6.45, 7) is 2.05. The van der Waals surface area contributed by atoms with Crippen molar-refractivity contribution in [2.75, 3.05) is 5.32 Å². The van der Waals surface area contributed by atoms with Crippen molar-refractivity contribution in [3.05, 3.63) is 54.6 Å². The zero-order valence-electron chi connectivity index (χ0n) is 9.57. The van der Waals surface area contributed by atoms with Crippen molar-refractivity contribution in [2.24, 2.45) is 0 Å². The molecule has 0 unspecified atom stereocenters. The van der Waals surface area contributed by atoms with Crippen LogP contribution in [-0.4, -0.2) is 9.97 Å². The number of H-pyrrole nitrogens is 1. The van der Waals surface area contributed by atoms with E-state index in [1.165, 1.54) is 5.39 Å². The average molecular weight is 223 g/mol. The minimum absolute atomic E-state index is 1.10. The summed E-state index contributed by atoms with van der Waals surface area (Å²) in [5.74, 6) is 0. The van der Waals surface area contributed by atoms with Gasteiger partial charge in [0.05, 0.1) is 5.69 Å². The van der Waals surface area contributed by atoms with Crippen LogP contribution in [0.15, 0.2) is 48.9 Å². The van der Waals surface area contributed by atoms with Gasteiger partial charge < -0.3 is 10.3 Å². The van der Waals surface area contributed by atoms with E-state index < -0.39 is 0 Å². The number of hydrogen-bond donors (Lipinski definition) is 2. The number of aromatic amines is 1. The molecule has 2 heterocycles. The van der Waals surface area contributed by atoms with Crippen LogP contribution in [0.3, 0.4) is 0 Å². The largest absolute Gasteiger partial charge is 0.363 e. The molecule has 0 aliphatic heterocycles. The maximum absolute atomic E-state index is 4.13. The van der Waals surface area contributed by atoms with Crippen molar-refractivity contribution in [2.45, 2.75) is 6.92 Å². The lowest BCUT2D eigenvalue weighted by atomic mass is 10.1. The molecule has 17 heavy (non-hydrogen) atoms. The summed E-state index contributed by atoms with van der Waals surface area (Å²) in [6.07, 6.45) is 5.63. The van der Waals surface area contributed by atoms with Crippen LogP contribution in [0.4, 0.5) is 11.4 Å². The van der Waals surface area contributed by atoms with E-state index in [0.717, 1.165) is 22.5 Å². The Bertz CT molecular complexity index is 650. The predicted molar refractivity (Wildman–Crippen MR) is 70.6 cm³/mol. The highest BCUT2D eigenvalue weighted by Crippen LogP contribution is 2.26. The van der Waals surface area contributed by atoms with Gasteiger partial charge in [-0.15, -0.1) is 0 Å². The van der Waals surface area contributed by atoms with E-state index in [-0.39, 0.29) is 0 Å². The summed E-state index contributed by atoms with van der Waals surface area (Å²) >= 11 is 0. The van der Waals surface area contributed by atoms with Crippen LogP contribution in [0.25, 0.3) is 10.8 Å². The van der Waals surface area contributed by atoms with Crippen LogP contribution in [0.2, 0.25) is 0 Å². The molecule has 1 aromatic carbocycles. The van der Waals surface area contributed by atoms with Gasteiger partial charge in [-0.25, -0.2) is 0 Å². The number of aryl methyl sites for hydroxylation is 1. The Labute approximate surface area is 99.5 Å². The van der Waals surface area contributed by atoms with Gasteiger partial charge in [-0.1, -0.05) is 12.1 Å². The van der Waals surface area contributed by atoms with Crippen LogP contribution in [-0.2, 0) is 0 Å². The van der Waals surface area contributed by atoms with Crippen LogP contribution >= 0.6 is 0 Å². The van der Waals surface area contributed by atoms with Crippen molar-refractivity contribution >= 4 is 22.1 Å². The number of rotatable bonds is 2. The third kappa shape index (κ3) is 1.76. The molecular formula is C14H13N3. The lowest BCUT2D eigenvalue weighted by molar-refractivity contribution is 1.26. The van der Waals surface area contributed by atoms with Gasteiger partial charge in [0.2, 0.25) is 0 Å². The summed E-state index contributed by atoms with van der Waals surface area (Å²) in [4.78, 5) is 7.30. The Hall–Kier alpha value is -2.29. The van der Waals surface area contributed by atoms with Gasteiger partial charge in [-0.2, -0.15) is 0 Å². The van der Waals surface area contributed by atoms with Gasteiger partial charge in [0.1, 0.15) is 0 Å². The Morgan fingerprint density at radius 1 is 1.12 bits per heavy atom. The number of benzene rings is 1. The van der Waals surface area contributed by atoms with Gasteiger partial charge in [0.25, 0.3) is 0 Å². The van der Waals surface area contributed by atoms with Crippen molar-refractivity contribution in [3.8, 4) is 0 Å². The Kier molecular flexibility index (Phi) is 2.29. The monoisotopic (exact) mass is 223 g/mol. The molecule has 0 fully saturated rings. The highest BCUT2D eigenvalue weighted by molar-refractivity contribution is 5.94. The van der Waals surface area contributed by atoms with E-state index in [9.17, 15) is 0 Å². The standard InChI is InChI=1S/C14H13N3/c1-10-13(6-8-16-10)17-14-4-2-3-11-9-15-7-5-12(11)14/h2-9,16-17H,1H3. The molecule has 0 atom stereocenters. The molecule has 0 bridgehead atoms. The molecule has 0 saturated carbocycles. The molecule has 3 rings (SSSR count). The zero-order chi connectivity index (χ0) is 11.7. The Morgan fingerprint density at radius 2 is 2.06 bits per heavy atom. The highest BCUT2D eigenvalue weighted by Gasteiger charge is 2.03. The minimum Gasteiger partial charge on any atom is -0.363 e. The molecule has 2 aromatic heterocycles. The van der Waals surface area contributed by atoms with Gasteiger partial charge in [0, 0.05) is 40.7 Å². The van der Waals surface area contributed by atoms with Gasteiger partial charge in [0.15, 0.2) is 0 Å².